The van der Waals surface area contributed by atoms with Crippen molar-refractivity contribution in [3.05, 3.63) is 66.7 Å². The Balaban J connectivity index is 1.37. The molecule has 0 spiro atoms. The van der Waals surface area contributed by atoms with E-state index in [4.69, 9.17) is 4.74 Å². The van der Waals surface area contributed by atoms with E-state index in [-0.39, 0.29) is 6.04 Å². The summed E-state index contributed by atoms with van der Waals surface area (Å²) in [5.74, 6) is -0.188. The van der Waals surface area contributed by atoms with Gasteiger partial charge in [-0.05, 0) is 55.0 Å². The Morgan fingerprint density at radius 1 is 1.20 bits per heavy atom. The van der Waals surface area contributed by atoms with Gasteiger partial charge >= 0.3 is 11.8 Å². The molecular weight excluding hydrogens is 382 g/mol. The summed E-state index contributed by atoms with van der Waals surface area (Å²) in [6.45, 7) is 0. The van der Waals surface area contributed by atoms with Crippen LogP contribution in [0.2, 0.25) is 0 Å². The van der Waals surface area contributed by atoms with Gasteiger partial charge in [0.2, 0.25) is 0 Å². The fraction of sp³-hybridized carbons (Fsp3) is 0.273. The Bertz CT molecular complexity index is 1030. The van der Waals surface area contributed by atoms with Crippen LogP contribution in [0.15, 0.2) is 61.2 Å². The summed E-state index contributed by atoms with van der Waals surface area (Å²) in [4.78, 5) is 28.9. The van der Waals surface area contributed by atoms with Crippen molar-refractivity contribution in [3.8, 4) is 11.4 Å². The quantitative estimate of drug-likeness (QED) is 0.588. The fourth-order valence-electron chi connectivity index (χ4n) is 3.33. The molecule has 2 heterocycles. The lowest BCUT2D eigenvalue weighted by Crippen LogP contribution is -2.44. The predicted octanol–water partition coefficient (Wildman–Crippen LogP) is 2.35. The van der Waals surface area contributed by atoms with Gasteiger partial charge in [0.15, 0.2) is 0 Å². The summed E-state index contributed by atoms with van der Waals surface area (Å²) >= 11 is 0. The number of ether oxygens (including phenoxy) is 1. The number of hydrogen-bond acceptors (Lipinski definition) is 5. The Morgan fingerprint density at radius 2 is 2.00 bits per heavy atom. The minimum atomic E-state index is -0.708. The summed E-state index contributed by atoms with van der Waals surface area (Å²) in [6, 6.07) is 11.3. The number of amides is 2. The van der Waals surface area contributed by atoms with Crippen molar-refractivity contribution in [1.82, 2.24) is 20.1 Å². The zero-order valence-electron chi connectivity index (χ0n) is 16.6. The molecule has 0 aliphatic heterocycles. The van der Waals surface area contributed by atoms with Crippen LogP contribution in [0.4, 0.5) is 5.69 Å². The summed E-state index contributed by atoms with van der Waals surface area (Å²) in [5.41, 5.74) is 2.32. The number of nitrogens with one attached hydrogen (secondary N) is 2. The Hall–Kier alpha value is -3.68. The smallest absolute Gasteiger partial charge is 0.313 e. The number of anilines is 1. The van der Waals surface area contributed by atoms with Gasteiger partial charge in [0.25, 0.3) is 0 Å². The van der Waals surface area contributed by atoms with Crippen molar-refractivity contribution in [3.63, 3.8) is 0 Å². The third-order valence-electron chi connectivity index (χ3n) is 5.07. The molecule has 2 amide bonds. The van der Waals surface area contributed by atoms with Crippen LogP contribution in [-0.2, 0) is 16.0 Å². The minimum Gasteiger partial charge on any atom is -0.497 e. The molecule has 0 bridgehead atoms. The normalized spacial score (nSPS) is 14.0. The molecule has 154 valence electrons. The Labute approximate surface area is 174 Å². The van der Waals surface area contributed by atoms with Crippen LogP contribution in [0.5, 0.6) is 5.75 Å². The van der Waals surface area contributed by atoms with Crippen molar-refractivity contribution in [2.45, 2.75) is 25.3 Å². The monoisotopic (exact) mass is 405 g/mol. The minimum absolute atomic E-state index is 0.0881. The first-order valence-corrected chi connectivity index (χ1v) is 9.82. The van der Waals surface area contributed by atoms with Gasteiger partial charge in [-0.2, -0.15) is 5.10 Å². The number of hydrogen-bond donors (Lipinski definition) is 2. The van der Waals surface area contributed by atoms with Gasteiger partial charge in [-0.15, -0.1) is 0 Å². The lowest BCUT2D eigenvalue weighted by molar-refractivity contribution is -0.136. The van der Waals surface area contributed by atoms with Gasteiger partial charge in [-0.25, -0.2) is 4.68 Å². The molecule has 4 rings (SSSR count). The molecule has 1 aliphatic rings. The second-order valence-corrected chi connectivity index (χ2v) is 7.31. The van der Waals surface area contributed by atoms with Crippen molar-refractivity contribution < 1.29 is 14.3 Å². The molecule has 1 aliphatic carbocycles. The van der Waals surface area contributed by atoms with E-state index >= 15 is 0 Å². The van der Waals surface area contributed by atoms with Crippen molar-refractivity contribution in [2.75, 3.05) is 12.4 Å². The number of nitrogens with zero attached hydrogens (tertiary/aromatic N) is 3. The van der Waals surface area contributed by atoms with Gasteiger partial charge in [0, 0.05) is 18.4 Å². The number of benzene rings is 1. The highest BCUT2D eigenvalue weighted by molar-refractivity contribution is 6.39. The highest BCUT2D eigenvalue weighted by atomic mass is 16.5. The van der Waals surface area contributed by atoms with Gasteiger partial charge in [-0.3, -0.25) is 14.6 Å². The number of carbonyl (C=O) groups excluding carboxylic acids is 2. The van der Waals surface area contributed by atoms with E-state index in [2.05, 4.69) is 20.7 Å². The van der Waals surface area contributed by atoms with Crippen LogP contribution in [0.25, 0.3) is 5.69 Å². The van der Waals surface area contributed by atoms with Crippen molar-refractivity contribution >= 4 is 17.5 Å². The molecule has 2 N–H and O–H groups in total. The molecule has 0 saturated heterocycles. The van der Waals surface area contributed by atoms with E-state index in [9.17, 15) is 9.59 Å². The molecule has 0 unspecified atom stereocenters. The van der Waals surface area contributed by atoms with Crippen LogP contribution >= 0.6 is 0 Å². The lowest BCUT2D eigenvalue weighted by atomic mass is 10.0. The molecule has 8 nitrogen and oxygen atoms in total. The van der Waals surface area contributed by atoms with Gasteiger partial charge in [0.1, 0.15) is 5.75 Å². The summed E-state index contributed by atoms with van der Waals surface area (Å²) in [6.07, 6.45) is 9.22. The summed E-state index contributed by atoms with van der Waals surface area (Å²) in [5, 5.41) is 9.71. The number of methoxy groups -OCH3 is 1. The van der Waals surface area contributed by atoms with E-state index in [1.807, 2.05) is 24.3 Å². The number of aromatic nitrogens is 3. The average molecular weight is 405 g/mol. The molecule has 1 atom stereocenters. The summed E-state index contributed by atoms with van der Waals surface area (Å²) < 4.78 is 6.87. The molecule has 2 aromatic heterocycles. The molecule has 1 fully saturated rings. The van der Waals surface area contributed by atoms with Gasteiger partial charge in [-0.1, -0.05) is 12.1 Å². The molecular formula is C22H23N5O3. The fourth-order valence-corrected chi connectivity index (χ4v) is 3.33. The van der Waals surface area contributed by atoms with Crippen LogP contribution in [0, 0.1) is 5.92 Å². The second-order valence-electron chi connectivity index (χ2n) is 7.31. The molecule has 1 saturated carbocycles. The van der Waals surface area contributed by atoms with E-state index < -0.39 is 11.8 Å². The van der Waals surface area contributed by atoms with E-state index in [1.54, 1.807) is 42.5 Å². The van der Waals surface area contributed by atoms with Crippen LogP contribution in [0.1, 0.15) is 18.4 Å². The number of carbonyl (C=O) groups is 2. The Kier molecular flexibility index (Phi) is 5.74. The van der Waals surface area contributed by atoms with E-state index in [0.717, 1.165) is 29.8 Å². The van der Waals surface area contributed by atoms with Gasteiger partial charge < -0.3 is 15.4 Å². The number of pyridine rings is 1. The molecule has 0 radical (unpaired) electrons. The first kappa shape index (κ1) is 19.6. The van der Waals surface area contributed by atoms with Crippen LogP contribution in [-0.4, -0.2) is 39.7 Å². The maximum atomic E-state index is 12.5. The third kappa shape index (κ3) is 4.83. The van der Waals surface area contributed by atoms with Gasteiger partial charge in [0.05, 0.1) is 30.9 Å². The van der Waals surface area contributed by atoms with Crippen LogP contribution in [0.3, 0.4) is 0 Å². The van der Waals surface area contributed by atoms with E-state index in [1.165, 1.54) is 6.20 Å². The number of rotatable bonds is 7. The van der Waals surface area contributed by atoms with Crippen molar-refractivity contribution in [2.24, 2.45) is 5.92 Å². The average Bonchev–Trinajstić information content (AvgIpc) is 3.52. The lowest BCUT2D eigenvalue weighted by Gasteiger charge is -2.18. The van der Waals surface area contributed by atoms with Crippen molar-refractivity contribution in [1.29, 1.82) is 0 Å². The first-order valence-electron chi connectivity index (χ1n) is 9.82. The SMILES string of the molecule is COc1cccc(C[C@@H](NC(=O)C(=O)Nc2cnn(-c3ccncc3)c2)C2CC2)c1. The second kappa shape index (κ2) is 8.77. The maximum absolute atomic E-state index is 12.5. The van der Waals surface area contributed by atoms with Crippen LogP contribution < -0.4 is 15.4 Å². The zero-order chi connectivity index (χ0) is 20.9. The van der Waals surface area contributed by atoms with E-state index in [0.29, 0.717) is 18.0 Å². The standard InChI is InChI=1S/C22H23N5O3/c1-30-19-4-2-3-15(11-19)12-20(16-5-6-16)26-22(29)21(28)25-17-13-24-27(14-17)18-7-9-23-10-8-18/h2-4,7-11,13-14,16,20H,5-6,12H2,1H3,(H,25,28)(H,26,29)/t20-/m1/s1. The topological polar surface area (TPSA) is 98.1 Å². The zero-order valence-corrected chi connectivity index (χ0v) is 16.6. The highest BCUT2D eigenvalue weighted by Gasteiger charge is 2.33. The molecule has 3 aromatic rings. The molecule has 30 heavy (non-hydrogen) atoms. The third-order valence-corrected chi connectivity index (χ3v) is 5.07. The largest absolute Gasteiger partial charge is 0.497 e. The Morgan fingerprint density at radius 3 is 2.73 bits per heavy atom. The predicted molar refractivity (Wildman–Crippen MR) is 111 cm³/mol. The summed E-state index contributed by atoms with van der Waals surface area (Å²) in [7, 11) is 1.63. The molecule has 8 heteroatoms. The first-order chi connectivity index (χ1) is 14.6. The maximum Gasteiger partial charge on any atom is 0.313 e. The highest BCUT2D eigenvalue weighted by Crippen LogP contribution is 2.34. The molecule has 1 aromatic carbocycles.